The predicted octanol–water partition coefficient (Wildman–Crippen LogP) is 0.520. The van der Waals surface area contributed by atoms with Crippen molar-refractivity contribution >= 4 is 33.5 Å². The van der Waals surface area contributed by atoms with Crippen molar-refractivity contribution in [1.82, 2.24) is 9.21 Å². The summed E-state index contributed by atoms with van der Waals surface area (Å²) in [5.41, 5.74) is 0. The summed E-state index contributed by atoms with van der Waals surface area (Å²) in [6, 6.07) is 5.97. The Hall–Kier alpha value is -1.68. The second-order valence-electron chi connectivity index (χ2n) is 6.24. The lowest BCUT2D eigenvalue weighted by molar-refractivity contribution is -0.149. The normalized spacial score (nSPS) is 24.6. The standard InChI is InChI=1S/C16H19ClN2O6S/c17-13-3-1-2-4-14(13)26(23,24)19-9-11(12(10-19)16(21)22)15(20)18-5-7-25-8-6-18/h1-4,11-12H,5-10H2,(H,21,22)/t11-,12-/m1/s1. The Kier molecular flexibility index (Phi) is 5.52. The van der Waals surface area contributed by atoms with Crippen molar-refractivity contribution in [2.24, 2.45) is 11.8 Å². The number of sulfonamides is 1. The number of rotatable bonds is 4. The van der Waals surface area contributed by atoms with Crippen LogP contribution in [0.5, 0.6) is 0 Å². The number of nitrogens with zero attached hydrogens (tertiary/aromatic N) is 2. The van der Waals surface area contributed by atoms with Crippen LogP contribution in [0.2, 0.25) is 5.02 Å². The molecule has 0 saturated carbocycles. The first-order chi connectivity index (χ1) is 12.3. The van der Waals surface area contributed by atoms with E-state index in [4.69, 9.17) is 16.3 Å². The van der Waals surface area contributed by atoms with Gasteiger partial charge in [-0.15, -0.1) is 0 Å². The molecule has 1 aromatic carbocycles. The van der Waals surface area contributed by atoms with Crippen LogP contribution >= 0.6 is 11.6 Å². The smallest absolute Gasteiger partial charge is 0.308 e. The van der Waals surface area contributed by atoms with Crippen molar-refractivity contribution in [2.45, 2.75) is 4.90 Å². The topological polar surface area (TPSA) is 104 Å². The van der Waals surface area contributed by atoms with Gasteiger partial charge in [0.2, 0.25) is 15.9 Å². The highest BCUT2D eigenvalue weighted by Crippen LogP contribution is 2.32. The fraction of sp³-hybridized carbons (Fsp3) is 0.500. The van der Waals surface area contributed by atoms with Gasteiger partial charge < -0.3 is 14.7 Å². The van der Waals surface area contributed by atoms with Gasteiger partial charge in [0.1, 0.15) is 4.90 Å². The van der Waals surface area contributed by atoms with E-state index >= 15 is 0 Å². The molecule has 2 fully saturated rings. The van der Waals surface area contributed by atoms with Crippen LogP contribution in [0.1, 0.15) is 0 Å². The van der Waals surface area contributed by atoms with Crippen molar-refractivity contribution in [3.63, 3.8) is 0 Å². The molecule has 1 amide bonds. The van der Waals surface area contributed by atoms with Gasteiger partial charge in [-0.05, 0) is 12.1 Å². The minimum Gasteiger partial charge on any atom is -0.481 e. The van der Waals surface area contributed by atoms with Gasteiger partial charge in [0.15, 0.2) is 0 Å². The number of amides is 1. The molecule has 0 aliphatic carbocycles. The lowest BCUT2D eigenvalue weighted by Crippen LogP contribution is -2.46. The molecular formula is C16H19ClN2O6S. The summed E-state index contributed by atoms with van der Waals surface area (Å²) in [5, 5.41) is 9.55. The molecule has 0 spiro atoms. The average molecular weight is 403 g/mol. The Morgan fingerprint density at radius 3 is 2.35 bits per heavy atom. The van der Waals surface area contributed by atoms with Crippen LogP contribution in [0, 0.1) is 11.8 Å². The van der Waals surface area contributed by atoms with Crippen LogP contribution in [-0.2, 0) is 24.3 Å². The van der Waals surface area contributed by atoms with Crippen molar-refractivity contribution in [1.29, 1.82) is 0 Å². The van der Waals surface area contributed by atoms with Crippen LogP contribution in [0.3, 0.4) is 0 Å². The maximum atomic E-state index is 12.9. The van der Waals surface area contributed by atoms with Crippen LogP contribution in [0.25, 0.3) is 0 Å². The number of benzene rings is 1. The van der Waals surface area contributed by atoms with Gasteiger partial charge in [0.05, 0.1) is 30.1 Å². The third-order valence-electron chi connectivity index (χ3n) is 4.70. The molecule has 0 radical (unpaired) electrons. The summed E-state index contributed by atoms with van der Waals surface area (Å²) in [7, 11) is -3.99. The Labute approximate surface area is 156 Å². The van der Waals surface area contributed by atoms with Crippen LogP contribution in [0.4, 0.5) is 0 Å². The second-order valence-corrected chi connectivity index (χ2v) is 8.55. The van der Waals surface area contributed by atoms with E-state index < -0.39 is 27.8 Å². The number of aliphatic carboxylic acids is 1. The third-order valence-corrected chi connectivity index (χ3v) is 7.03. The number of morpholine rings is 1. The molecule has 8 nitrogen and oxygen atoms in total. The zero-order chi connectivity index (χ0) is 18.9. The summed E-state index contributed by atoms with van der Waals surface area (Å²) in [5.74, 6) is -3.56. The molecule has 2 aliphatic rings. The number of carboxylic acids is 1. The largest absolute Gasteiger partial charge is 0.481 e. The zero-order valence-corrected chi connectivity index (χ0v) is 15.4. The number of hydrogen-bond donors (Lipinski definition) is 1. The van der Waals surface area contributed by atoms with Crippen LogP contribution < -0.4 is 0 Å². The van der Waals surface area contributed by atoms with E-state index in [1.165, 1.54) is 17.0 Å². The summed E-state index contributed by atoms with van der Waals surface area (Å²) in [4.78, 5) is 25.8. The fourth-order valence-corrected chi connectivity index (χ4v) is 5.26. The van der Waals surface area contributed by atoms with Crippen molar-refractivity contribution in [3.8, 4) is 0 Å². The quantitative estimate of drug-likeness (QED) is 0.787. The molecule has 2 saturated heterocycles. The van der Waals surface area contributed by atoms with Gasteiger partial charge in [-0.3, -0.25) is 9.59 Å². The molecule has 1 N–H and O–H groups in total. The Bertz CT molecular complexity index is 809. The lowest BCUT2D eigenvalue weighted by atomic mass is 9.94. The van der Waals surface area contributed by atoms with E-state index in [0.29, 0.717) is 26.3 Å². The molecule has 0 aromatic heterocycles. The van der Waals surface area contributed by atoms with Crippen molar-refractivity contribution in [3.05, 3.63) is 29.3 Å². The average Bonchev–Trinajstić information content (AvgIpc) is 3.08. The number of carbonyl (C=O) groups excluding carboxylic acids is 1. The van der Waals surface area contributed by atoms with Gasteiger partial charge in [-0.1, -0.05) is 23.7 Å². The molecule has 0 unspecified atom stereocenters. The van der Waals surface area contributed by atoms with Crippen LogP contribution in [-0.4, -0.2) is 74.0 Å². The fourth-order valence-electron chi connectivity index (χ4n) is 3.28. The summed E-state index contributed by atoms with van der Waals surface area (Å²) >= 11 is 6.00. The second kappa shape index (κ2) is 7.51. The first-order valence-electron chi connectivity index (χ1n) is 8.16. The van der Waals surface area contributed by atoms with E-state index in [2.05, 4.69) is 0 Å². The molecule has 1 aromatic rings. The predicted molar refractivity (Wildman–Crippen MR) is 92.2 cm³/mol. The SMILES string of the molecule is O=C(O)[C@@H]1CN(S(=O)(=O)c2ccccc2Cl)C[C@H]1C(=O)N1CCOCC1. The Morgan fingerprint density at radius 2 is 1.73 bits per heavy atom. The molecule has 142 valence electrons. The molecule has 10 heteroatoms. The molecule has 2 atom stereocenters. The number of carboxylic acid groups (broad SMARTS) is 1. The third kappa shape index (κ3) is 3.57. The number of hydrogen-bond acceptors (Lipinski definition) is 5. The van der Waals surface area contributed by atoms with Gasteiger partial charge in [-0.25, -0.2) is 8.42 Å². The Morgan fingerprint density at radius 1 is 1.12 bits per heavy atom. The van der Waals surface area contributed by atoms with E-state index in [9.17, 15) is 23.1 Å². The van der Waals surface area contributed by atoms with Crippen molar-refractivity contribution in [2.75, 3.05) is 39.4 Å². The Balaban J connectivity index is 1.86. The minimum absolute atomic E-state index is 0.0577. The van der Waals surface area contributed by atoms with E-state index in [-0.39, 0.29) is 28.9 Å². The van der Waals surface area contributed by atoms with Gasteiger partial charge in [0, 0.05) is 26.2 Å². The summed E-state index contributed by atoms with van der Waals surface area (Å²) in [6.07, 6.45) is 0. The van der Waals surface area contributed by atoms with E-state index in [1.807, 2.05) is 0 Å². The lowest BCUT2D eigenvalue weighted by Gasteiger charge is -2.30. The summed E-state index contributed by atoms with van der Waals surface area (Å²) < 4.78 is 32.0. The molecule has 26 heavy (non-hydrogen) atoms. The maximum absolute atomic E-state index is 12.9. The van der Waals surface area contributed by atoms with Gasteiger partial charge >= 0.3 is 5.97 Å². The first kappa shape index (κ1) is 19.1. The van der Waals surface area contributed by atoms with Crippen LogP contribution in [0.15, 0.2) is 29.2 Å². The highest BCUT2D eigenvalue weighted by molar-refractivity contribution is 7.89. The van der Waals surface area contributed by atoms with E-state index in [1.54, 1.807) is 12.1 Å². The number of ether oxygens (including phenoxy) is 1. The van der Waals surface area contributed by atoms with Gasteiger partial charge in [0.25, 0.3) is 0 Å². The van der Waals surface area contributed by atoms with Crippen molar-refractivity contribution < 1.29 is 27.9 Å². The number of carbonyl (C=O) groups is 2. The van der Waals surface area contributed by atoms with Gasteiger partial charge in [-0.2, -0.15) is 4.31 Å². The number of halogens is 1. The first-order valence-corrected chi connectivity index (χ1v) is 9.98. The monoisotopic (exact) mass is 402 g/mol. The molecular weight excluding hydrogens is 384 g/mol. The van der Waals surface area contributed by atoms with E-state index in [0.717, 1.165) is 4.31 Å². The molecule has 3 rings (SSSR count). The molecule has 0 bridgehead atoms. The molecule has 2 heterocycles. The minimum atomic E-state index is -3.99. The highest BCUT2D eigenvalue weighted by atomic mass is 35.5. The maximum Gasteiger partial charge on any atom is 0.308 e. The highest BCUT2D eigenvalue weighted by Gasteiger charge is 2.47. The zero-order valence-electron chi connectivity index (χ0n) is 13.9. The summed E-state index contributed by atoms with van der Waals surface area (Å²) in [6.45, 7) is 1.08. The molecule has 2 aliphatic heterocycles.